The molecule has 0 aliphatic carbocycles. The van der Waals surface area contributed by atoms with Gasteiger partial charge < -0.3 is 3.87 Å². The van der Waals surface area contributed by atoms with Crippen molar-refractivity contribution in [2.24, 2.45) is 0 Å². The molecule has 0 saturated carbocycles. The van der Waals surface area contributed by atoms with Crippen molar-refractivity contribution < 1.29 is 25.3 Å². The van der Waals surface area contributed by atoms with Gasteiger partial charge in [-0.25, -0.2) is 8.42 Å². The molecule has 0 aliphatic heterocycles. The van der Waals surface area contributed by atoms with Crippen LogP contribution in [0.15, 0.2) is 0 Å². The van der Waals surface area contributed by atoms with E-state index in [9.17, 15) is 16.8 Å². The Labute approximate surface area is 129 Å². The van der Waals surface area contributed by atoms with Gasteiger partial charge in [0, 0.05) is 0 Å². The van der Waals surface area contributed by atoms with Gasteiger partial charge in [-0.3, -0.25) is 4.55 Å². The molecule has 0 amide bonds. The molecule has 0 radical (unpaired) electrons. The first kappa shape index (κ1) is 21.9. The number of hydrogen-bond acceptors (Lipinski definition) is 5. The average molecular weight is 326 g/mol. The Morgan fingerprint density at radius 2 is 1.37 bits per heavy atom. The molecule has 112 valence electrons. The average Bonchev–Trinajstić information content (AvgIpc) is 2.24. The molecule has 0 rings (SSSR count). The van der Waals surface area contributed by atoms with Crippen LogP contribution in [0.25, 0.3) is 0 Å². The predicted octanol–water partition coefficient (Wildman–Crippen LogP) is 0.967. The van der Waals surface area contributed by atoms with Gasteiger partial charge in [0.1, 0.15) is 0 Å². The fourth-order valence-corrected chi connectivity index (χ4v) is 8.25. The molecule has 6 nitrogen and oxygen atoms in total. The Kier molecular flexibility index (Phi) is 10.2. The SMILES string of the molecule is CC[Si](CC)(CC)OS(=O)(=O)CCCS(=O)(=O)O.[LiH]. The Hall–Kier alpha value is 0.634. The van der Waals surface area contributed by atoms with Gasteiger partial charge in [-0.15, -0.1) is 0 Å². The van der Waals surface area contributed by atoms with Crippen molar-refractivity contribution in [3.8, 4) is 0 Å². The summed E-state index contributed by atoms with van der Waals surface area (Å²) in [6.45, 7) is 5.73. The van der Waals surface area contributed by atoms with Crippen LogP contribution < -0.4 is 0 Å². The minimum absolute atomic E-state index is 0. The minimum atomic E-state index is -4.12. The van der Waals surface area contributed by atoms with Crippen LogP contribution in [0.3, 0.4) is 0 Å². The molecule has 0 bridgehead atoms. The molecule has 0 unspecified atom stereocenters. The molecule has 0 spiro atoms. The number of hydrogen-bond donors (Lipinski definition) is 1. The fourth-order valence-electron chi connectivity index (χ4n) is 1.66. The maximum absolute atomic E-state index is 11.7. The van der Waals surface area contributed by atoms with Crippen LogP contribution in [0.5, 0.6) is 0 Å². The van der Waals surface area contributed by atoms with Crippen molar-refractivity contribution in [3.63, 3.8) is 0 Å². The summed E-state index contributed by atoms with van der Waals surface area (Å²) in [5, 5.41) is 0. The van der Waals surface area contributed by atoms with E-state index in [4.69, 9.17) is 8.42 Å². The molecule has 0 aromatic carbocycles. The van der Waals surface area contributed by atoms with Gasteiger partial charge in [-0.2, -0.15) is 8.42 Å². The van der Waals surface area contributed by atoms with E-state index in [1.165, 1.54) is 0 Å². The van der Waals surface area contributed by atoms with Crippen LogP contribution in [0.1, 0.15) is 27.2 Å². The molecule has 0 atom stereocenters. The van der Waals surface area contributed by atoms with Gasteiger partial charge in [0.05, 0.1) is 11.5 Å². The van der Waals surface area contributed by atoms with Crippen LogP contribution in [0.2, 0.25) is 18.1 Å². The monoisotopic (exact) mass is 326 g/mol. The molecule has 0 aromatic rings. The standard InChI is InChI=1S/C9H22O6S2Si.Li.H/c1-4-18(5-2,6-3)15-17(13,14)9-7-8-16(10,11)12;;/h4-9H2,1-3H3,(H,10,11,12);;. The second-order valence-electron chi connectivity index (χ2n) is 4.23. The molecular weight excluding hydrogens is 303 g/mol. The van der Waals surface area contributed by atoms with Gasteiger partial charge in [0.2, 0.25) is 8.32 Å². The molecule has 0 aliphatic rings. The molecule has 0 fully saturated rings. The molecule has 0 aromatic heterocycles. The third-order valence-corrected chi connectivity index (χ3v) is 10.9. The first-order valence-corrected chi connectivity index (χ1v) is 11.7. The summed E-state index contributed by atoms with van der Waals surface area (Å²) >= 11 is 0. The van der Waals surface area contributed by atoms with Crippen molar-refractivity contribution in [1.29, 1.82) is 0 Å². The molecule has 0 saturated heterocycles. The van der Waals surface area contributed by atoms with Crippen molar-refractivity contribution in [2.45, 2.75) is 45.3 Å². The molecule has 1 N–H and O–H groups in total. The van der Waals surface area contributed by atoms with Gasteiger partial charge in [0.25, 0.3) is 20.2 Å². The summed E-state index contributed by atoms with van der Waals surface area (Å²) < 4.78 is 58.3. The fraction of sp³-hybridized carbons (Fsp3) is 1.00. The second-order valence-corrected chi connectivity index (χ2v) is 12.5. The van der Waals surface area contributed by atoms with Gasteiger partial charge in [-0.1, -0.05) is 20.8 Å². The summed E-state index contributed by atoms with van der Waals surface area (Å²) in [5.41, 5.74) is 0. The van der Waals surface area contributed by atoms with E-state index in [1.807, 2.05) is 20.8 Å². The topological polar surface area (TPSA) is 97.7 Å². The Balaban J connectivity index is 0. The van der Waals surface area contributed by atoms with E-state index < -0.39 is 34.3 Å². The molecular formula is C9H23LiO6S2Si. The van der Waals surface area contributed by atoms with E-state index in [2.05, 4.69) is 0 Å². The van der Waals surface area contributed by atoms with Crippen LogP contribution >= 0.6 is 0 Å². The van der Waals surface area contributed by atoms with Crippen molar-refractivity contribution in [2.75, 3.05) is 11.5 Å². The summed E-state index contributed by atoms with van der Waals surface area (Å²) in [4.78, 5) is 0. The van der Waals surface area contributed by atoms with Crippen LogP contribution in [-0.4, -0.2) is 60.1 Å². The zero-order chi connectivity index (χ0) is 14.4. The van der Waals surface area contributed by atoms with Crippen molar-refractivity contribution >= 4 is 47.4 Å². The van der Waals surface area contributed by atoms with Crippen LogP contribution in [-0.2, 0) is 24.1 Å². The first-order chi connectivity index (χ1) is 8.10. The van der Waals surface area contributed by atoms with Crippen LogP contribution in [0.4, 0.5) is 0 Å². The van der Waals surface area contributed by atoms with Crippen LogP contribution in [0, 0.1) is 0 Å². The Bertz CT molecular complexity index is 435. The third kappa shape index (κ3) is 9.23. The van der Waals surface area contributed by atoms with Crippen molar-refractivity contribution in [1.82, 2.24) is 0 Å². The maximum atomic E-state index is 11.7. The molecule has 19 heavy (non-hydrogen) atoms. The van der Waals surface area contributed by atoms with E-state index in [-0.39, 0.29) is 31.0 Å². The summed E-state index contributed by atoms with van der Waals surface area (Å²) in [5.74, 6) is -0.934. The van der Waals surface area contributed by atoms with E-state index in [0.29, 0.717) is 18.1 Å². The zero-order valence-electron chi connectivity index (χ0n) is 11.0. The second kappa shape index (κ2) is 8.82. The third-order valence-electron chi connectivity index (χ3n) is 3.03. The Morgan fingerprint density at radius 1 is 0.947 bits per heavy atom. The van der Waals surface area contributed by atoms with E-state index in [0.717, 1.165) is 0 Å². The summed E-state index contributed by atoms with van der Waals surface area (Å²) in [6.07, 6.45) is -0.150. The zero-order valence-corrected chi connectivity index (χ0v) is 13.7. The predicted molar refractivity (Wildman–Crippen MR) is 80.3 cm³/mol. The van der Waals surface area contributed by atoms with Gasteiger partial charge >= 0.3 is 18.9 Å². The van der Waals surface area contributed by atoms with E-state index >= 15 is 0 Å². The normalized spacial score (nSPS) is 13.1. The quantitative estimate of drug-likeness (QED) is 0.501. The molecule has 0 heterocycles. The summed E-state index contributed by atoms with van der Waals surface area (Å²) in [6, 6.07) is 2.12. The Morgan fingerprint density at radius 3 is 1.68 bits per heavy atom. The summed E-state index contributed by atoms with van der Waals surface area (Å²) in [7, 11) is -10.1. The molecule has 10 heteroatoms. The van der Waals surface area contributed by atoms with Crippen molar-refractivity contribution in [3.05, 3.63) is 0 Å². The first-order valence-electron chi connectivity index (χ1n) is 5.98. The van der Waals surface area contributed by atoms with Gasteiger partial charge in [-0.05, 0) is 24.6 Å². The van der Waals surface area contributed by atoms with E-state index in [1.54, 1.807) is 0 Å². The van der Waals surface area contributed by atoms with Gasteiger partial charge in [0.15, 0.2) is 0 Å². The number of rotatable bonds is 9.